The average Bonchev–Trinajstić information content (AvgIpc) is 2.28. The van der Waals surface area contributed by atoms with Gasteiger partial charge in [-0.05, 0) is 24.0 Å². The third-order valence-corrected chi connectivity index (χ3v) is 2.41. The highest BCUT2D eigenvalue weighted by molar-refractivity contribution is 5.72. The molecule has 0 spiro atoms. The third-order valence-electron chi connectivity index (χ3n) is 2.41. The lowest BCUT2D eigenvalue weighted by Crippen LogP contribution is -2.19. The Morgan fingerprint density at radius 3 is 2.50 bits per heavy atom. The number of aliphatic hydroxyl groups is 1. The predicted octanol–water partition coefficient (Wildman–Crippen LogP) is 2.39. The Hall–Kier alpha value is -1.35. The molecular weight excluding hydrogens is 204 g/mol. The molecule has 0 heterocycles. The summed E-state index contributed by atoms with van der Waals surface area (Å²) in [5, 5.41) is 9.04. The number of esters is 1. The van der Waals surface area contributed by atoms with Crippen molar-refractivity contribution in [3.8, 4) is 5.75 Å². The van der Waals surface area contributed by atoms with Crippen LogP contribution in [0.15, 0.2) is 30.3 Å². The number of rotatable bonds is 5. The zero-order valence-corrected chi connectivity index (χ0v) is 9.77. The molecule has 3 nitrogen and oxygen atoms in total. The second kappa shape index (κ2) is 5.66. The van der Waals surface area contributed by atoms with E-state index in [9.17, 15) is 4.79 Å². The maximum atomic E-state index is 11.5. The van der Waals surface area contributed by atoms with Gasteiger partial charge in [-0.25, -0.2) is 0 Å². The first-order valence-electron chi connectivity index (χ1n) is 5.40. The molecule has 0 radical (unpaired) electrons. The number of carbonyl (C=O) groups is 1. The Bertz CT molecular complexity index is 330. The zero-order valence-electron chi connectivity index (χ0n) is 9.77. The van der Waals surface area contributed by atoms with Gasteiger partial charge in [-0.3, -0.25) is 4.79 Å². The SMILES string of the molecule is CC(C)(CO)CCC(=O)Oc1ccccc1. The topological polar surface area (TPSA) is 46.5 Å². The van der Waals surface area contributed by atoms with Crippen LogP contribution in [0.4, 0.5) is 0 Å². The number of aliphatic hydroxyl groups excluding tert-OH is 1. The lowest BCUT2D eigenvalue weighted by molar-refractivity contribution is -0.135. The van der Waals surface area contributed by atoms with Gasteiger partial charge in [0, 0.05) is 13.0 Å². The summed E-state index contributed by atoms with van der Waals surface area (Å²) in [4.78, 5) is 11.5. The molecule has 0 aliphatic carbocycles. The Labute approximate surface area is 96.1 Å². The van der Waals surface area contributed by atoms with E-state index in [1.165, 1.54) is 0 Å². The molecule has 1 rings (SSSR count). The van der Waals surface area contributed by atoms with Crippen LogP contribution in [0.5, 0.6) is 5.75 Å². The summed E-state index contributed by atoms with van der Waals surface area (Å²) in [6, 6.07) is 9.00. The molecule has 0 aliphatic rings. The van der Waals surface area contributed by atoms with Crippen LogP contribution >= 0.6 is 0 Å². The normalized spacial score (nSPS) is 11.2. The highest BCUT2D eigenvalue weighted by Gasteiger charge is 2.18. The summed E-state index contributed by atoms with van der Waals surface area (Å²) in [7, 11) is 0. The summed E-state index contributed by atoms with van der Waals surface area (Å²) in [5.74, 6) is 0.307. The lowest BCUT2D eigenvalue weighted by atomic mass is 9.89. The molecule has 88 valence electrons. The van der Waals surface area contributed by atoms with Gasteiger partial charge in [0.2, 0.25) is 0 Å². The maximum Gasteiger partial charge on any atom is 0.311 e. The first-order chi connectivity index (χ1) is 7.53. The minimum atomic E-state index is -0.257. The highest BCUT2D eigenvalue weighted by atomic mass is 16.5. The number of para-hydroxylation sites is 1. The van der Waals surface area contributed by atoms with Gasteiger partial charge in [-0.2, -0.15) is 0 Å². The fourth-order valence-corrected chi connectivity index (χ4v) is 1.19. The van der Waals surface area contributed by atoms with Gasteiger partial charge in [0.1, 0.15) is 5.75 Å². The van der Waals surface area contributed by atoms with Crippen molar-refractivity contribution >= 4 is 5.97 Å². The van der Waals surface area contributed by atoms with Crippen molar-refractivity contribution in [2.45, 2.75) is 26.7 Å². The molecule has 0 saturated heterocycles. The van der Waals surface area contributed by atoms with Crippen molar-refractivity contribution < 1.29 is 14.6 Å². The summed E-state index contributed by atoms with van der Waals surface area (Å²) < 4.78 is 5.13. The van der Waals surface area contributed by atoms with Gasteiger partial charge in [-0.15, -0.1) is 0 Å². The van der Waals surface area contributed by atoms with E-state index in [-0.39, 0.29) is 18.0 Å². The molecule has 0 aromatic heterocycles. The quantitative estimate of drug-likeness (QED) is 0.614. The van der Waals surface area contributed by atoms with E-state index >= 15 is 0 Å². The van der Waals surface area contributed by atoms with Gasteiger partial charge in [0.05, 0.1) is 0 Å². The molecule has 16 heavy (non-hydrogen) atoms. The second-order valence-electron chi connectivity index (χ2n) is 4.61. The van der Waals surface area contributed by atoms with Gasteiger partial charge in [0.15, 0.2) is 0 Å². The van der Waals surface area contributed by atoms with Crippen LogP contribution < -0.4 is 4.74 Å². The molecule has 1 aromatic rings. The molecule has 1 aromatic carbocycles. The molecule has 0 amide bonds. The minimum absolute atomic E-state index is 0.0750. The largest absolute Gasteiger partial charge is 0.427 e. The Morgan fingerprint density at radius 1 is 1.31 bits per heavy atom. The zero-order chi connectivity index (χ0) is 12.0. The van der Waals surface area contributed by atoms with E-state index in [4.69, 9.17) is 9.84 Å². The Morgan fingerprint density at radius 2 is 1.94 bits per heavy atom. The van der Waals surface area contributed by atoms with Gasteiger partial charge >= 0.3 is 5.97 Å². The van der Waals surface area contributed by atoms with Crippen LogP contribution in [-0.4, -0.2) is 17.7 Å². The number of benzene rings is 1. The highest BCUT2D eigenvalue weighted by Crippen LogP contribution is 2.21. The molecule has 0 saturated carbocycles. The van der Waals surface area contributed by atoms with Crippen LogP contribution in [0.3, 0.4) is 0 Å². The maximum absolute atomic E-state index is 11.5. The van der Waals surface area contributed by atoms with E-state index in [0.717, 1.165) is 0 Å². The lowest BCUT2D eigenvalue weighted by Gasteiger charge is -2.20. The number of ether oxygens (including phenoxy) is 1. The monoisotopic (exact) mass is 222 g/mol. The summed E-state index contributed by atoms with van der Waals surface area (Å²) >= 11 is 0. The fraction of sp³-hybridized carbons (Fsp3) is 0.462. The van der Waals surface area contributed by atoms with Crippen LogP contribution in [0.1, 0.15) is 26.7 Å². The van der Waals surface area contributed by atoms with Crippen LogP contribution in [0.25, 0.3) is 0 Å². The van der Waals surface area contributed by atoms with Crippen molar-refractivity contribution in [2.24, 2.45) is 5.41 Å². The Kier molecular flexibility index (Phi) is 4.50. The van der Waals surface area contributed by atoms with E-state index < -0.39 is 0 Å². The molecule has 0 fully saturated rings. The average molecular weight is 222 g/mol. The second-order valence-corrected chi connectivity index (χ2v) is 4.61. The molecular formula is C13H18O3. The van der Waals surface area contributed by atoms with E-state index in [1.807, 2.05) is 32.0 Å². The van der Waals surface area contributed by atoms with E-state index in [2.05, 4.69) is 0 Å². The minimum Gasteiger partial charge on any atom is -0.427 e. The van der Waals surface area contributed by atoms with Crippen LogP contribution in [0, 0.1) is 5.41 Å². The van der Waals surface area contributed by atoms with Crippen LogP contribution in [0.2, 0.25) is 0 Å². The third kappa shape index (κ3) is 4.45. The van der Waals surface area contributed by atoms with Crippen molar-refractivity contribution in [3.05, 3.63) is 30.3 Å². The summed E-state index contributed by atoms with van der Waals surface area (Å²) in [6.45, 7) is 3.91. The van der Waals surface area contributed by atoms with Gasteiger partial charge in [-0.1, -0.05) is 32.0 Å². The molecule has 0 atom stereocenters. The molecule has 3 heteroatoms. The molecule has 0 unspecified atom stereocenters. The van der Waals surface area contributed by atoms with Crippen molar-refractivity contribution in [1.82, 2.24) is 0 Å². The van der Waals surface area contributed by atoms with E-state index in [1.54, 1.807) is 12.1 Å². The van der Waals surface area contributed by atoms with Gasteiger partial charge in [0.25, 0.3) is 0 Å². The first-order valence-corrected chi connectivity index (χ1v) is 5.40. The fourth-order valence-electron chi connectivity index (χ4n) is 1.19. The predicted molar refractivity (Wildman–Crippen MR) is 62.2 cm³/mol. The van der Waals surface area contributed by atoms with E-state index in [0.29, 0.717) is 18.6 Å². The number of hydrogen-bond acceptors (Lipinski definition) is 3. The number of hydrogen-bond donors (Lipinski definition) is 1. The summed E-state index contributed by atoms with van der Waals surface area (Å²) in [6.07, 6.45) is 0.942. The molecule has 0 aliphatic heterocycles. The van der Waals surface area contributed by atoms with Crippen LogP contribution in [-0.2, 0) is 4.79 Å². The Balaban J connectivity index is 2.38. The number of carbonyl (C=O) groups excluding carboxylic acids is 1. The van der Waals surface area contributed by atoms with Gasteiger partial charge < -0.3 is 9.84 Å². The summed E-state index contributed by atoms with van der Waals surface area (Å²) in [5.41, 5.74) is -0.226. The first kappa shape index (κ1) is 12.7. The van der Waals surface area contributed by atoms with Crippen molar-refractivity contribution in [2.75, 3.05) is 6.61 Å². The van der Waals surface area contributed by atoms with Crippen molar-refractivity contribution in [1.29, 1.82) is 0 Å². The molecule has 0 bridgehead atoms. The standard InChI is InChI=1S/C13H18O3/c1-13(2,10-14)9-8-12(15)16-11-6-4-3-5-7-11/h3-7,14H,8-10H2,1-2H3. The molecule has 1 N–H and O–H groups in total. The smallest absolute Gasteiger partial charge is 0.311 e. The van der Waals surface area contributed by atoms with Crippen molar-refractivity contribution in [3.63, 3.8) is 0 Å².